The van der Waals surface area contributed by atoms with E-state index in [4.69, 9.17) is 17.3 Å². The topological polar surface area (TPSA) is 57.6 Å². The van der Waals surface area contributed by atoms with E-state index < -0.39 is 11.8 Å². The molecule has 1 N–H and O–H groups in total. The Morgan fingerprint density at radius 1 is 1.50 bits per heavy atom. The third-order valence-electron chi connectivity index (χ3n) is 2.90. The lowest BCUT2D eigenvalue weighted by molar-refractivity contribution is -0.137. The molecule has 1 aromatic rings. The van der Waals surface area contributed by atoms with Gasteiger partial charge in [0.25, 0.3) is 5.91 Å². The Morgan fingerprint density at radius 2 is 2.23 bits per heavy atom. The Morgan fingerprint density at radius 3 is 2.86 bits per heavy atom. The van der Waals surface area contributed by atoms with Gasteiger partial charge in [-0.3, -0.25) is 14.5 Å². The van der Waals surface area contributed by atoms with Crippen molar-refractivity contribution in [2.75, 3.05) is 6.54 Å². The van der Waals surface area contributed by atoms with Crippen LogP contribution in [0.4, 0.5) is 4.39 Å². The summed E-state index contributed by atoms with van der Waals surface area (Å²) in [5.74, 6) is -1.67. The van der Waals surface area contributed by atoms with Crippen LogP contribution in [0.25, 0.3) is 6.08 Å². The van der Waals surface area contributed by atoms with Crippen LogP contribution in [0, 0.1) is 5.82 Å². The maximum atomic E-state index is 13.8. The molecule has 1 aliphatic heterocycles. The zero-order chi connectivity index (χ0) is 16.3. The van der Waals surface area contributed by atoms with Gasteiger partial charge in [-0.25, -0.2) is 4.39 Å². The molecule has 1 fully saturated rings. The molecule has 0 aliphatic carbocycles. The third-order valence-corrected chi connectivity index (χ3v) is 4.77. The Balaban J connectivity index is 2.13. The quantitative estimate of drug-likeness (QED) is 0.600. The normalized spacial score (nSPS) is 16.6. The van der Waals surface area contributed by atoms with Crippen LogP contribution in [0.5, 0.6) is 0 Å². The summed E-state index contributed by atoms with van der Waals surface area (Å²) >= 11 is 9.38. The van der Waals surface area contributed by atoms with Gasteiger partial charge >= 0.3 is 5.97 Å². The van der Waals surface area contributed by atoms with Crippen molar-refractivity contribution in [1.82, 2.24) is 4.90 Å². The monoisotopic (exact) mass is 403 g/mol. The number of thiocarbonyl (C=S) groups is 1. The number of aliphatic carboxylic acids is 1. The van der Waals surface area contributed by atoms with Crippen molar-refractivity contribution >= 4 is 62.2 Å². The fourth-order valence-corrected chi connectivity index (χ4v) is 3.47. The molecule has 1 aromatic carbocycles. The standard InChI is InChI=1S/C14H11BrFNO3S2/c15-9-4-3-8(10(16)7-9)6-11-13(20)17(14(21)22-11)5-1-2-12(18)19/h3-4,6-7H,1-2,5H2,(H,18,19)/b11-6+. The van der Waals surface area contributed by atoms with E-state index in [-0.39, 0.29) is 18.9 Å². The van der Waals surface area contributed by atoms with E-state index in [1.54, 1.807) is 12.1 Å². The largest absolute Gasteiger partial charge is 0.481 e. The van der Waals surface area contributed by atoms with Gasteiger partial charge in [0.05, 0.1) is 4.91 Å². The minimum atomic E-state index is -0.919. The van der Waals surface area contributed by atoms with Crippen LogP contribution in [0.3, 0.4) is 0 Å². The van der Waals surface area contributed by atoms with Crippen molar-refractivity contribution < 1.29 is 19.1 Å². The number of benzene rings is 1. The van der Waals surface area contributed by atoms with E-state index >= 15 is 0 Å². The van der Waals surface area contributed by atoms with Crippen molar-refractivity contribution in [2.24, 2.45) is 0 Å². The zero-order valence-corrected chi connectivity index (χ0v) is 14.4. The van der Waals surface area contributed by atoms with Gasteiger partial charge in [-0.15, -0.1) is 0 Å². The average Bonchev–Trinajstić information content (AvgIpc) is 2.69. The van der Waals surface area contributed by atoms with Crippen LogP contribution in [0.1, 0.15) is 18.4 Å². The molecular weight excluding hydrogens is 393 g/mol. The average molecular weight is 404 g/mol. The van der Waals surface area contributed by atoms with Crippen LogP contribution in [0.15, 0.2) is 27.6 Å². The number of carboxylic acid groups (broad SMARTS) is 1. The zero-order valence-electron chi connectivity index (χ0n) is 11.2. The molecule has 0 radical (unpaired) electrons. The number of carboxylic acids is 1. The van der Waals surface area contributed by atoms with Crippen molar-refractivity contribution in [3.05, 3.63) is 39.0 Å². The fraction of sp³-hybridized carbons (Fsp3) is 0.214. The molecule has 4 nitrogen and oxygen atoms in total. The molecule has 0 atom stereocenters. The lowest BCUT2D eigenvalue weighted by Crippen LogP contribution is -2.29. The molecule has 2 rings (SSSR count). The molecule has 0 unspecified atom stereocenters. The molecule has 0 spiro atoms. The van der Waals surface area contributed by atoms with E-state index in [9.17, 15) is 14.0 Å². The number of carbonyl (C=O) groups excluding carboxylic acids is 1. The van der Waals surface area contributed by atoms with Crippen LogP contribution in [0.2, 0.25) is 0 Å². The fourth-order valence-electron chi connectivity index (χ4n) is 1.84. The first-order valence-electron chi connectivity index (χ1n) is 6.30. The lowest BCUT2D eigenvalue weighted by atomic mass is 10.2. The van der Waals surface area contributed by atoms with Crippen molar-refractivity contribution in [2.45, 2.75) is 12.8 Å². The highest BCUT2D eigenvalue weighted by molar-refractivity contribution is 9.10. The molecular formula is C14H11BrFNO3S2. The summed E-state index contributed by atoms with van der Waals surface area (Å²) in [4.78, 5) is 24.4. The first-order chi connectivity index (χ1) is 10.4. The minimum absolute atomic E-state index is 0.0303. The summed E-state index contributed by atoms with van der Waals surface area (Å²) < 4.78 is 14.8. The summed E-state index contributed by atoms with van der Waals surface area (Å²) in [6.45, 7) is 0.247. The summed E-state index contributed by atoms with van der Waals surface area (Å²) in [5.41, 5.74) is 0.300. The molecule has 1 heterocycles. The highest BCUT2D eigenvalue weighted by Crippen LogP contribution is 2.33. The Labute approximate surface area is 144 Å². The molecule has 0 saturated carbocycles. The number of halogens is 2. The molecule has 1 aliphatic rings. The molecule has 0 bridgehead atoms. The van der Waals surface area contributed by atoms with Crippen LogP contribution in [-0.2, 0) is 9.59 Å². The van der Waals surface area contributed by atoms with Crippen molar-refractivity contribution in [3.8, 4) is 0 Å². The SMILES string of the molecule is O=C(O)CCCN1C(=O)/C(=C\c2ccc(Br)cc2F)SC1=S. The third kappa shape index (κ3) is 4.15. The van der Waals surface area contributed by atoms with Gasteiger partial charge in [0, 0.05) is 23.0 Å². The van der Waals surface area contributed by atoms with Gasteiger partial charge in [0.1, 0.15) is 10.1 Å². The summed E-state index contributed by atoms with van der Waals surface area (Å²) in [6.07, 6.45) is 1.75. The number of amides is 1. The highest BCUT2D eigenvalue weighted by Gasteiger charge is 2.31. The maximum Gasteiger partial charge on any atom is 0.303 e. The molecule has 8 heteroatoms. The number of carbonyl (C=O) groups is 2. The summed E-state index contributed by atoms with van der Waals surface area (Å²) in [7, 11) is 0. The number of hydrogen-bond acceptors (Lipinski definition) is 4. The predicted molar refractivity (Wildman–Crippen MR) is 90.8 cm³/mol. The number of hydrogen-bond donors (Lipinski definition) is 1. The molecule has 22 heavy (non-hydrogen) atoms. The Hall–Kier alpha value is -1.25. The second-order valence-electron chi connectivity index (χ2n) is 4.50. The molecule has 1 saturated heterocycles. The van der Waals surface area contributed by atoms with Gasteiger partial charge in [-0.1, -0.05) is 46.0 Å². The van der Waals surface area contributed by atoms with Crippen molar-refractivity contribution in [1.29, 1.82) is 0 Å². The smallest absolute Gasteiger partial charge is 0.303 e. The van der Waals surface area contributed by atoms with Crippen LogP contribution >= 0.6 is 39.9 Å². The molecule has 0 aromatic heterocycles. The number of thioether (sulfide) groups is 1. The summed E-state index contributed by atoms with van der Waals surface area (Å²) in [6, 6.07) is 4.57. The second-order valence-corrected chi connectivity index (χ2v) is 7.09. The van der Waals surface area contributed by atoms with E-state index in [0.717, 1.165) is 11.8 Å². The molecule has 1 amide bonds. The van der Waals surface area contributed by atoms with Gasteiger partial charge < -0.3 is 5.11 Å². The lowest BCUT2D eigenvalue weighted by Gasteiger charge is -2.13. The highest BCUT2D eigenvalue weighted by atomic mass is 79.9. The first kappa shape index (κ1) is 17.1. The minimum Gasteiger partial charge on any atom is -0.481 e. The predicted octanol–water partition coefficient (Wildman–Crippen LogP) is 3.65. The van der Waals surface area contributed by atoms with E-state index in [1.165, 1.54) is 17.0 Å². The van der Waals surface area contributed by atoms with Crippen LogP contribution < -0.4 is 0 Å². The molecule has 116 valence electrons. The van der Waals surface area contributed by atoms with Crippen molar-refractivity contribution in [3.63, 3.8) is 0 Å². The maximum absolute atomic E-state index is 13.8. The van der Waals surface area contributed by atoms with Crippen LogP contribution in [-0.4, -0.2) is 32.7 Å². The van der Waals surface area contributed by atoms with E-state index in [2.05, 4.69) is 15.9 Å². The van der Waals surface area contributed by atoms with Gasteiger partial charge in [-0.2, -0.15) is 0 Å². The van der Waals surface area contributed by atoms with Gasteiger partial charge in [0.15, 0.2) is 0 Å². The number of nitrogens with zero attached hydrogens (tertiary/aromatic N) is 1. The number of rotatable bonds is 5. The van der Waals surface area contributed by atoms with E-state index in [0.29, 0.717) is 25.7 Å². The summed E-state index contributed by atoms with van der Waals surface area (Å²) in [5, 5.41) is 8.62. The first-order valence-corrected chi connectivity index (χ1v) is 8.32. The Kier molecular flexibility index (Phi) is 5.71. The Bertz CT molecular complexity index is 678. The second kappa shape index (κ2) is 7.34. The van der Waals surface area contributed by atoms with Gasteiger partial charge in [-0.05, 0) is 24.6 Å². The van der Waals surface area contributed by atoms with E-state index in [1.807, 2.05) is 0 Å². The van der Waals surface area contributed by atoms with Gasteiger partial charge in [0.2, 0.25) is 0 Å².